The van der Waals surface area contributed by atoms with Gasteiger partial charge in [0.15, 0.2) is 4.77 Å². The summed E-state index contributed by atoms with van der Waals surface area (Å²) in [4.78, 5) is 0. The number of nitrogens with zero attached hydrogens (tertiary/aromatic N) is 4. The summed E-state index contributed by atoms with van der Waals surface area (Å²) in [6.07, 6.45) is 1.69. The quantitative estimate of drug-likeness (QED) is 0.752. The van der Waals surface area contributed by atoms with E-state index in [0.717, 1.165) is 11.4 Å². The normalized spacial score (nSPS) is 10.7. The van der Waals surface area contributed by atoms with Crippen LogP contribution in [0.25, 0.3) is 0 Å². The summed E-state index contributed by atoms with van der Waals surface area (Å²) in [5.41, 5.74) is 2.12. The maximum Gasteiger partial charge on any atom is 0.195 e. The highest BCUT2D eigenvalue weighted by Gasteiger charge is 2.03. The molecule has 0 saturated carbocycles. The molecule has 14 heavy (non-hydrogen) atoms. The molecule has 0 unspecified atom stereocenters. The number of nitrogens with one attached hydrogen (secondary N) is 1. The molecule has 0 saturated heterocycles. The molecule has 0 fully saturated rings. The van der Waals surface area contributed by atoms with Crippen LogP contribution in [0.2, 0.25) is 0 Å². The van der Waals surface area contributed by atoms with Crippen molar-refractivity contribution in [3.05, 3.63) is 28.6 Å². The molecule has 5 nitrogen and oxygen atoms in total. The summed E-state index contributed by atoms with van der Waals surface area (Å²) in [6.45, 7) is 2.67. The highest BCUT2D eigenvalue weighted by molar-refractivity contribution is 7.71. The van der Waals surface area contributed by atoms with Crippen LogP contribution < -0.4 is 0 Å². The van der Waals surface area contributed by atoms with Gasteiger partial charge in [-0.15, -0.1) is 0 Å². The molecule has 0 bridgehead atoms. The van der Waals surface area contributed by atoms with Gasteiger partial charge in [-0.25, -0.2) is 0 Å². The average molecular weight is 209 g/mol. The summed E-state index contributed by atoms with van der Waals surface area (Å²) >= 11 is 5.05. The lowest BCUT2D eigenvalue weighted by atomic mass is 10.3. The molecular formula is C8H11N5S. The lowest BCUT2D eigenvalue weighted by molar-refractivity contribution is 0.658. The standard InChI is InChI=1S/C8H11N5S/c1-6-3-7(12(2)11-6)4-13-5-9-10-8(13)14/h3,5H,4H2,1-2H3,(H,10,14). The zero-order valence-corrected chi connectivity index (χ0v) is 8.88. The summed E-state index contributed by atoms with van der Waals surface area (Å²) < 4.78 is 4.35. The van der Waals surface area contributed by atoms with Crippen LogP contribution in [0.4, 0.5) is 0 Å². The van der Waals surface area contributed by atoms with Gasteiger partial charge in [-0.1, -0.05) is 0 Å². The van der Waals surface area contributed by atoms with Gasteiger partial charge >= 0.3 is 0 Å². The molecule has 0 aliphatic heterocycles. The first kappa shape index (κ1) is 9.14. The molecule has 0 radical (unpaired) electrons. The van der Waals surface area contributed by atoms with Gasteiger partial charge in [-0.3, -0.25) is 9.78 Å². The maximum atomic E-state index is 5.05. The van der Waals surface area contributed by atoms with Crippen LogP contribution in [-0.2, 0) is 13.6 Å². The number of rotatable bonds is 2. The predicted molar refractivity (Wildman–Crippen MR) is 54.5 cm³/mol. The van der Waals surface area contributed by atoms with Crippen molar-refractivity contribution in [3.63, 3.8) is 0 Å². The van der Waals surface area contributed by atoms with E-state index in [-0.39, 0.29) is 0 Å². The van der Waals surface area contributed by atoms with Crippen molar-refractivity contribution in [1.82, 2.24) is 24.5 Å². The van der Waals surface area contributed by atoms with E-state index in [9.17, 15) is 0 Å². The van der Waals surface area contributed by atoms with Crippen LogP contribution in [-0.4, -0.2) is 24.5 Å². The molecule has 2 aromatic heterocycles. The zero-order chi connectivity index (χ0) is 10.1. The lowest BCUT2D eigenvalue weighted by Gasteiger charge is -2.01. The number of H-pyrrole nitrogens is 1. The minimum atomic E-state index is 0.629. The molecule has 2 rings (SSSR count). The fourth-order valence-electron chi connectivity index (χ4n) is 1.37. The van der Waals surface area contributed by atoms with Gasteiger partial charge in [-0.05, 0) is 25.2 Å². The molecule has 2 heterocycles. The molecule has 0 spiro atoms. The summed E-state index contributed by atoms with van der Waals surface area (Å²) in [5.74, 6) is 0. The molecule has 0 aliphatic rings. The molecule has 2 aromatic rings. The smallest absolute Gasteiger partial charge is 0.195 e. The predicted octanol–water partition coefficient (Wildman–Crippen LogP) is 1.03. The third-order valence-electron chi connectivity index (χ3n) is 2.05. The second-order valence-corrected chi connectivity index (χ2v) is 3.58. The van der Waals surface area contributed by atoms with E-state index in [4.69, 9.17) is 12.2 Å². The summed E-state index contributed by atoms with van der Waals surface area (Å²) in [5, 5.41) is 10.8. The van der Waals surface area contributed by atoms with Crippen molar-refractivity contribution in [2.75, 3.05) is 0 Å². The molecule has 0 amide bonds. The fraction of sp³-hybridized carbons (Fsp3) is 0.375. The number of hydrogen-bond acceptors (Lipinski definition) is 3. The van der Waals surface area contributed by atoms with E-state index in [1.54, 1.807) is 6.33 Å². The van der Waals surface area contributed by atoms with E-state index in [1.165, 1.54) is 0 Å². The van der Waals surface area contributed by atoms with Crippen molar-refractivity contribution in [2.24, 2.45) is 7.05 Å². The van der Waals surface area contributed by atoms with Gasteiger partial charge in [0, 0.05) is 7.05 Å². The first-order chi connectivity index (χ1) is 6.66. The van der Waals surface area contributed by atoms with Crippen molar-refractivity contribution in [2.45, 2.75) is 13.5 Å². The minimum absolute atomic E-state index is 0.629. The third-order valence-corrected chi connectivity index (χ3v) is 2.38. The summed E-state index contributed by atoms with van der Waals surface area (Å²) in [6, 6.07) is 2.04. The Kier molecular flexibility index (Phi) is 2.20. The SMILES string of the molecule is Cc1cc(Cn2cn[nH]c2=S)n(C)n1. The van der Waals surface area contributed by atoms with Crippen molar-refractivity contribution < 1.29 is 0 Å². The second-order valence-electron chi connectivity index (χ2n) is 3.19. The van der Waals surface area contributed by atoms with E-state index >= 15 is 0 Å². The monoisotopic (exact) mass is 209 g/mol. The van der Waals surface area contributed by atoms with Crippen molar-refractivity contribution >= 4 is 12.2 Å². The second kappa shape index (κ2) is 3.38. The molecule has 0 aromatic carbocycles. The highest BCUT2D eigenvalue weighted by atomic mass is 32.1. The molecule has 1 N–H and O–H groups in total. The topological polar surface area (TPSA) is 51.4 Å². The maximum absolute atomic E-state index is 5.05. The number of hydrogen-bond donors (Lipinski definition) is 1. The van der Waals surface area contributed by atoms with Gasteiger partial charge in [0.1, 0.15) is 6.33 Å². The fourth-order valence-corrected chi connectivity index (χ4v) is 1.53. The zero-order valence-electron chi connectivity index (χ0n) is 8.06. The van der Waals surface area contributed by atoms with Crippen molar-refractivity contribution in [1.29, 1.82) is 0 Å². The molecule has 0 aliphatic carbocycles. The van der Waals surface area contributed by atoms with Crippen LogP contribution in [0.3, 0.4) is 0 Å². The van der Waals surface area contributed by atoms with Crippen molar-refractivity contribution in [3.8, 4) is 0 Å². The number of aryl methyl sites for hydroxylation is 2. The first-order valence-electron chi connectivity index (χ1n) is 4.26. The Balaban J connectivity index is 2.31. The Morgan fingerprint density at radius 2 is 2.36 bits per heavy atom. The van der Waals surface area contributed by atoms with E-state index in [0.29, 0.717) is 11.3 Å². The van der Waals surface area contributed by atoms with Crippen LogP contribution in [0.1, 0.15) is 11.4 Å². The van der Waals surface area contributed by atoms with Crippen LogP contribution in [0.15, 0.2) is 12.4 Å². The van der Waals surface area contributed by atoms with Gasteiger partial charge in [0.25, 0.3) is 0 Å². The largest absolute Gasteiger partial charge is 0.301 e. The Morgan fingerprint density at radius 1 is 1.57 bits per heavy atom. The van der Waals surface area contributed by atoms with Gasteiger partial charge in [-0.2, -0.15) is 10.2 Å². The van der Waals surface area contributed by atoms with Gasteiger partial charge in [0.05, 0.1) is 17.9 Å². The lowest BCUT2D eigenvalue weighted by Crippen LogP contribution is -2.04. The first-order valence-corrected chi connectivity index (χ1v) is 4.67. The molecular weight excluding hydrogens is 198 g/mol. The molecule has 6 heteroatoms. The summed E-state index contributed by atoms with van der Waals surface area (Å²) in [7, 11) is 1.92. The Morgan fingerprint density at radius 3 is 2.86 bits per heavy atom. The van der Waals surface area contributed by atoms with E-state index in [2.05, 4.69) is 15.3 Å². The van der Waals surface area contributed by atoms with Crippen LogP contribution in [0, 0.1) is 11.7 Å². The van der Waals surface area contributed by atoms with E-state index < -0.39 is 0 Å². The number of aromatic nitrogens is 5. The Labute approximate surface area is 86.4 Å². The van der Waals surface area contributed by atoms with Gasteiger partial charge in [0.2, 0.25) is 0 Å². The molecule has 0 atom stereocenters. The average Bonchev–Trinajstić information content (AvgIpc) is 2.62. The Hall–Kier alpha value is -1.43. The Bertz CT molecular complexity index is 492. The molecule has 74 valence electrons. The number of aromatic amines is 1. The van der Waals surface area contributed by atoms with E-state index in [1.807, 2.05) is 29.3 Å². The van der Waals surface area contributed by atoms with Gasteiger partial charge < -0.3 is 4.57 Å². The van der Waals surface area contributed by atoms with Crippen LogP contribution in [0.5, 0.6) is 0 Å². The highest BCUT2D eigenvalue weighted by Crippen LogP contribution is 2.04. The minimum Gasteiger partial charge on any atom is -0.301 e. The third kappa shape index (κ3) is 1.60. The van der Waals surface area contributed by atoms with Crippen LogP contribution >= 0.6 is 12.2 Å².